The van der Waals surface area contributed by atoms with Crippen molar-refractivity contribution in [3.05, 3.63) is 45.7 Å². The predicted octanol–water partition coefficient (Wildman–Crippen LogP) is 4.03. The van der Waals surface area contributed by atoms with Gasteiger partial charge in [-0.05, 0) is 46.1 Å². The molecule has 0 aliphatic heterocycles. The molecular formula is C14H17BrClN3. The normalized spacial score (nSPS) is 11.2. The van der Waals surface area contributed by atoms with E-state index in [1.807, 2.05) is 18.3 Å². The van der Waals surface area contributed by atoms with Crippen LogP contribution in [0.15, 0.2) is 35.1 Å². The molecule has 0 bridgehead atoms. The number of nitrogens with zero attached hydrogens (tertiary/aromatic N) is 2. The van der Waals surface area contributed by atoms with Crippen LogP contribution in [0.25, 0.3) is 5.69 Å². The highest BCUT2D eigenvalue weighted by Gasteiger charge is 2.05. The fourth-order valence-corrected chi connectivity index (χ4v) is 2.36. The Hall–Kier alpha value is -0.840. The summed E-state index contributed by atoms with van der Waals surface area (Å²) in [6.45, 7) is 6.23. The van der Waals surface area contributed by atoms with E-state index >= 15 is 0 Å². The Labute approximate surface area is 127 Å². The van der Waals surface area contributed by atoms with Crippen molar-refractivity contribution in [3.8, 4) is 5.69 Å². The lowest BCUT2D eigenvalue weighted by molar-refractivity contribution is 0.552. The molecule has 2 rings (SSSR count). The van der Waals surface area contributed by atoms with Gasteiger partial charge in [0.25, 0.3) is 0 Å². The van der Waals surface area contributed by atoms with E-state index in [0.29, 0.717) is 10.9 Å². The number of aromatic nitrogens is 2. The van der Waals surface area contributed by atoms with Crippen molar-refractivity contribution in [3.63, 3.8) is 0 Å². The third-order valence-corrected chi connectivity index (χ3v) is 3.40. The lowest BCUT2D eigenvalue weighted by atomic mass is 10.2. The van der Waals surface area contributed by atoms with Gasteiger partial charge in [0.15, 0.2) is 0 Å². The lowest BCUT2D eigenvalue weighted by Crippen LogP contribution is -2.18. The van der Waals surface area contributed by atoms with E-state index in [9.17, 15) is 0 Å². The van der Waals surface area contributed by atoms with Crippen LogP contribution < -0.4 is 5.32 Å². The van der Waals surface area contributed by atoms with Crippen LogP contribution in [-0.2, 0) is 6.54 Å². The van der Waals surface area contributed by atoms with E-state index in [4.69, 9.17) is 11.6 Å². The van der Waals surface area contributed by atoms with Crippen molar-refractivity contribution in [2.75, 3.05) is 6.54 Å². The maximum Gasteiger partial charge on any atom is 0.0832 e. The number of hydrogen-bond acceptors (Lipinski definition) is 2. The average molecular weight is 343 g/mol. The van der Waals surface area contributed by atoms with Gasteiger partial charge >= 0.3 is 0 Å². The van der Waals surface area contributed by atoms with Crippen LogP contribution in [0.4, 0.5) is 0 Å². The molecule has 0 unspecified atom stereocenters. The first kappa shape index (κ1) is 14.6. The van der Waals surface area contributed by atoms with Crippen LogP contribution in [0, 0.1) is 5.92 Å². The topological polar surface area (TPSA) is 29.9 Å². The van der Waals surface area contributed by atoms with Gasteiger partial charge in [-0.3, -0.25) is 0 Å². The first-order chi connectivity index (χ1) is 9.06. The molecule has 2 aromatic rings. The van der Waals surface area contributed by atoms with Gasteiger partial charge in [-0.25, -0.2) is 4.68 Å². The van der Waals surface area contributed by atoms with E-state index in [1.165, 1.54) is 5.56 Å². The molecule has 102 valence electrons. The van der Waals surface area contributed by atoms with E-state index in [1.54, 1.807) is 10.9 Å². The molecule has 0 amide bonds. The maximum absolute atomic E-state index is 6.31. The van der Waals surface area contributed by atoms with E-state index in [2.05, 4.69) is 46.3 Å². The highest BCUT2D eigenvalue weighted by atomic mass is 79.9. The summed E-state index contributed by atoms with van der Waals surface area (Å²) in [5.41, 5.74) is 2.07. The fourth-order valence-electron chi connectivity index (χ4n) is 1.78. The predicted molar refractivity (Wildman–Crippen MR) is 82.8 cm³/mol. The Morgan fingerprint density at radius 2 is 2.21 bits per heavy atom. The molecule has 5 heteroatoms. The maximum atomic E-state index is 6.31. The molecule has 1 N–H and O–H groups in total. The largest absolute Gasteiger partial charge is 0.312 e. The smallest absolute Gasteiger partial charge is 0.0832 e. The molecule has 0 aliphatic carbocycles. The van der Waals surface area contributed by atoms with Crippen LogP contribution in [-0.4, -0.2) is 16.3 Å². The Bertz CT molecular complexity index is 551. The van der Waals surface area contributed by atoms with Crippen molar-refractivity contribution in [1.29, 1.82) is 0 Å². The quantitative estimate of drug-likeness (QED) is 0.889. The summed E-state index contributed by atoms with van der Waals surface area (Å²) in [7, 11) is 0. The van der Waals surface area contributed by atoms with Gasteiger partial charge in [0, 0.05) is 12.7 Å². The summed E-state index contributed by atoms with van der Waals surface area (Å²) in [6, 6.07) is 6.05. The van der Waals surface area contributed by atoms with Crippen LogP contribution in [0.5, 0.6) is 0 Å². The Balaban J connectivity index is 2.09. The minimum Gasteiger partial charge on any atom is -0.312 e. The molecule has 19 heavy (non-hydrogen) atoms. The second-order valence-electron chi connectivity index (χ2n) is 4.91. The third-order valence-electron chi connectivity index (χ3n) is 2.69. The van der Waals surface area contributed by atoms with Crippen LogP contribution >= 0.6 is 27.5 Å². The SMILES string of the molecule is CC(C)CNCc1ccc(-n2cc(Br)cn2)c(Cl)c1. The molecule has 1 aromatic heterocycles. The van der Waals surface area contributed by atoms with Crippen molar-refractivity contribution in [1.82, 2.24) is 15.1 Å². The first-order valence-electron chi connectivity index (χ1n) is 6.26. The van der Waals surface area contributed by atoms with Gasteiger partial charge in [-0.15, -0.1) is 0 Å². The summed E-state index contributed by atoms with van der Waals surface area (Å²) in [6.07, 6.45) is 3.63. The summed E-state index contributed by atoms with van der Waals surface area (Å²) in [4.78, 5) is 0. The van der Waals surface area contributed by atoms with Gasteiger partial charge in [-0.1, -0.05) is 31.5 Å². The molecular weight excluding hydrogens is 326 g/mol. The molecule has 1 aromatic carbocycles. The van der Waals surface area contributed by atoms with Gasteiger partial charge in [0.1, 0.15) is 0 Å². The van der Waals surface area contributed by atoms with E-state index in [-0.39, 0.29) is 0 Å². The van der Waals surface area contributed by atoms with Gasteiger partial charge in [0.05, 0.1) is 21.4 Å². The summed E-state index contributed by atoms with van der Waals surface area (Å²) in [5.74, 6) is 0.649. The molecule has 0 spiro atoms. The highest BCUT2D eigenvalue weighted by molar-refractivity contribution is 9.10. The Morgan fingerprint density at radius 3 is 2.79 bits per heavy atom. The molecule has 0 radical (unpaired) electrons. The molecule has 0 saturated carbocycles. The van der Waals surface area contributed by atoms with Gasteiger partial charge in [0.2, 0.25) is 0 Å². The number of nitrogens with one attached hydrogen (secondary N) is 1. The standard InChI is InChI=1S/C14H17BrClN3/c1-10(2)6-17-7-11-3-4-14(13(16)5-11)19-9-12(15)8-18-19/h3-5,8-10,17H,6-7H2,1-2H3. The van der Waals surface area contributed by atoms with Crippen LogP contribution in [0.3, 0.4) is 0 Å². The highest BCUT2D eigenvalue weighted by Crippen LogP contribution is 2.22. The zero-order valence-corrected chi connectivity index (χ0v) is 13.4. The van der Waals surface area contributed by atoms with E-state index in [0.717, 1.165) is 23.2 Å². The minimum atomic E-state index is 0.649. The Kier molecular flexibility index (Phi) is 5.02. The van der Waals surface area contributed by atoms with Crippen molar-refractivity contribution >= 4 is 27.5 Å². The number of rotatable bonds is 5. The summed E-state index contributed by atoms with van der Waals surface area (Å²) < 4.78 is 2.70. The zero-order valence-electron chi connectivity index (χ0n) is 11.0. The zero-order chi connectivity index (χ0) is 13.8. The molecule has 0 aliphatic rings. The van der Waals surface area contributed by atoms with Crippen LogP contribution in [0.1, 0.15) is 19.4 Å². The lowest BCUT2D eigenvalue weighted by Gasteiger charge is -2.09. The molecule has 0 saturated heterocycles. The van der Waals surface area contributed by atoms with Crippen LogP contribution in [0.2, 0.25) is 5.02 Å². The third kappa shape index (κ3) is 4.06. The minimum absolute atomic E-state index is 0.649. The second-order valence-corrected chi connectivity index (χ2v) is 6.24. The van der Waals surface area contributed by atoms with Gasteiger partial charge in [-0.2, -0.15) is 5.10 Å². The van der Waals surface area contributed by atoms with Crippen molar-refractivity contribution < 1.29 is 0 Å². The molecule has 0 fully saturated rings. The molecule has 3 nitrogen and oxygen atoms in total. The fraction of sp³-hybridized carbons (Fsp3) is 0.357. The number of halogens is 2. The van der Waals surface area contributed by atoms with E-state index < -0.39 is 0 Å². The first-order valence-corrected chi connectivity index (χ1v) is 7.43. The summed E-state index contributed by atoms with van der Waals surface area (Å²) in [5, 5.41) is 8.34. The van der Waals surface area contributed by atoms with Gasteiger partial charge < -0.3 is 5.32 Å². The average Bonchev–Trinajstić information content (AvgIpc) is 2.75. The Morgan fingerprint density at radius 1 is 1.42 bits per heavy atom. The number of benzene rings is 1. The van der Waals surface area contributed by atoms with Crippen molar-refractivity contribution in [2.45, 2.75) is 20.4 Å². The van der Waals surface area contributed by atoms with Crippen molar-refractivity contribution in [2.24, 2.45) is 5.92 Å². The molecule has 0 atom stereocenters. The molecule has 1 heterocycles. The monoisotopic (exact) mass is 341 g/mol. The number of hydrogen-bond donors (Lipinski definition) is 1. The second kappa shape index (κ2) is 6.55. The summed E-state index contributed by atoms with van der Waals surface area (Å²) >= 11 is 9.69.